The van der Waals surface area contributed by atoms with Crippen molar-refractivity contribution < 1.29 is 9.90 Å². The molecule has 2 nitrogen and oxygen atoms in total. The molecule has 4 aliphatic carbocycles. The SMILES string of the molecule is C=C1C(=O)C23CCC4C(C)(C)C(O)CCC4(C)C2CCC1C3. The van der Waals surface area contributed by atoms with Crippen molar-refractivity contribution in [2.45, 2.75) is 71.8 Å². The van der Waals surface area contributed by atoms with Crippen LogP contribution in [0, 0.1) is 34.0 Å². The van der Waals surface area contributed by atoms with Gasteiger partial charge in [-0.2, -0.15) is 0 Å². The van der Waals surface area contributed by atoms with E-state index in [0.717, 1.165) is 44.1 Å². The van der Waals surface area contributed by atoms with E-state index in [1.54, 1.807) is 0 Å². The van der Waals surface area contributed by atoms with Crippen molar-refractivity contribution in [3.05, 3.63) is 12.2 Å². The fourth-order valence-electron chi connectivity index (χ4n) is 7.33. The Morgan fingerprint density at radius 2 is 1.77 bits per heavy atom. The third-order valence-corrected chi connectivity index (χ3v) is 8.50. The summed E-state index contributed by atoms with van der Waals surface area (Å²) in [4.78, 5) is 13.0. The molecular formula is C20H30O2. The van der Waals surface area contributed by atoms with Crippen molar-refractivity contribution >= 4 is 5.78 Å². The summed E-state index contributed by atoms with van der Waals surface area (Å²) in [6.45, 7) is 11.1. The minimum absolute atomic E-state index is 0.0237. The molecule has 0 aromatic carbocycles. The second kappa shape index (κ2) is 4.26. The highest BCUT2D eigenvalue weighted by atomic mass is 16.3. The highest BCUT2D eigenvalue weighted by molar-refractivity contribution is 6.03. The molecule has 122 valence electrons. The number of Topliss-reactive ketones (excluding diaryl/α,β-unsaturated/α-hetero) is 1. The Balaban J connectivity index is 1.78. The average Bonchev–Trinajstić information content (AvgIpc) is 2.65. The lowest BCUT2D eigenvalue weighted by molar-refractivity contribution is -0.183. The third kappa shape index (κ3) is 1.53. The van der Waals surface area contributed by atoms with E-state index in [1.165, 1.54) is 6.42 Å². The minimum Gasteiger partial charge on any atom is -0.393 e. The molecule has 4 rings (SSSR count). The Bertz CT molecular complexity index is 548. The Labute approximate surface area is 134 Å². The maximum Gasteiger partial charge on any atom is 0.165 e. The lowest BCUT2D eigenvalue weighted by Gasteiger charge is -2.64. The molecule has 4 saturated carbocycles. The summed E-state index contributed by atoms with van der Waals surface area (Å²) in [5, 5.41) is 10.5. The molecule has 4 fully saturated rings. The van der Waals surface area contributed by atoms with E-state index in [9.17, 15) is 9.90 Å². The molecule has 4 aliphatic rings. The summed E-state index contributed by atoms with van der Waals surface area (Å²) in [6, 6.07) is 0. The number of hydrogen-bond donors (Lipinski definition) is 1. The molecule has 0 amide bonds. The number of ketones is 1. The van der Waals surface area contributed by atoms with Gasteiger partial charge in [0.1, 0.15) is 0 Å². The zero-order chi connectivity index (χ0) is 15.9. The van der Waals surface area contributed by atoms with Gasteiger partial charge in [-0.25, -0.2) is 0 Å². The highest BCUT2D eigenvalue weighted by Crippen LogP contribution is 2.70. The van der Waals surface area contributed by atoms with Crippen molar-refractivity contribution in [3.8, 4) is 0 Å². The number of hydrogen-bond acceptors (Lipinski definition) is 2. The highest BCUT2D eigenvalue weighted by Gasteiger charge is 2.67. The molecule has 0 heterocycles. The number of allylic oxidation sites excluding steroid dienone is 1. The number of aliphatic hydroxyl groups is 1. The molecule has 1 spiro atoms. The first-order chi connectivity index (χ1) is 10.2. The van der Waals surface area contributed by atoms with Crippen LogP contribution in [0.25, 0.3) is 0 Å². The molecule has 6 atom stereocenters. The predicted octanol–water partition coefficient (Wildman–Crippen LogP) is 4.13. The van der Waals surface area contributed by atoms with E-state index in [-0.39, 0.29) is 22.3 Å². The molecule has 6 unspecified atom stereocenters. The summed E-state index contributed by atoms with van der Waals surface area (Å²) in [5.41, 5.74) is 1.03. The molecule has 0 radical (unpaired) electrons. The molecule has 2 heteroatoms. The Morgan fingerprint density at radius 1 is 1.05 bits per heavy atom. The zero-order valence-corrected chi connectivity index (χ0v) is 14.3. The van der Waals surface area contributed by atoms with Crippen LogP contribution in [-0.4, -0.2) is 17.0 Å². The Morgan fingerprint density at radius 3 is 2.50 bits per heavy atom. The van der Waals surface area contributed by atoms with E-state index in [4.69, 9.17) is 0 Å². The standard InChI is InChI=1S/C20H30O2/c1-12-13-5-6-15-19(4)9-8-16(21)18(2,3)14(19)7-10-20(15,11-13)17(12)22/h13-16,21H,1,5-11H2,2-4H3. The first-order valence-corrected chi connectivity index (χ1v) is 9.15. The van der Waals surface area contributed by atoms with E-state index >= 15 is 0 Å². The number of carbonyl (C=O) groups is 1. The topological polar surface area (TPSA) is 37.3 Å². The maximum atomic E-state index is 13.0. The Kier molecular flexibility index (Phi) is 2.89. The number of fused-ring (bicyclic) bond motifs is 3. The van der Waals surface area contributed by atoms with Gasteiger partial charge < -0.3 is 5.11 Å². The molecular weight excluding hydrogens is 272 g/mol. The first-order valence-electron chi connectivity index (χ1n) is 9.15. The number of rotatable bonds is 0. The monoisotopic (exact) mass is 302 g/mol. The third-order valence-electron chi connectivity index (χ3n) is 8.50. The van der Waals surface area contributed by atoms with E-state index in [2.05, 4.69) is 27.4 Å². The van der Waals surface area contributed by atoms with Crippen LogP contribution in [-0.2, 0) is 4.79 Å². The van der Waals surface area contributed by atoms with Crippen LogP contribution in [0.15, 0.2) is 12.2 Å². The number of carbonyl (C=O) groups excluding carboxylic acids is 1. The van der Waals surface area contributed by atoms with Crippen LogP contribution in [0.2, 0.25) is 0 Å². The lowest BCUT2D eigenvalue weighted by Crippen LogP contribution is -2.60. The van der Waals surface area contributed by atoms with Crippen LogP contribution in [0.4, 0.5) is 0 Å². The lowest BCUT2D eigenvalue weighted by atomic mass is 9.40. The van der Waals surface area contributed by atoms with Gasteiger partial charge in [-0.05, 0) is 79.1 Å². The predicted molar refractivity (Wildman–Crippen MR) is 87.3 cm³/mol. The van der Waals surface area contributed by atoms with Gasteiger partial charge in [-0.1, -0.05) is 27.4 Å². The number of aliphatic hydroxyl groups excluding tert-OH is 1. The quantitative estimate of drug-likeness (QED) is 0.683. The summed E-state index contributed by atoms with van der Waals surface area (Å²) in [6.07, 6.45) is 7.33. The largest absolute Gasteiger partial charge is 0.393 e. The van der Waals surface area contributed by atoms with E-state index in [0.29, 0.717) is 23.5 Å². The molecule has 2 bridgehead atoms. The van der Waals surface area contributed by atoms with Crippen molar-refractivity contribution in [2.24, 2.45) is 34.0 Å². The van der Waals surface area contributed by atoms with Crippen LogP contribution in [0.3, 0.4) is 0 Å². The molecule has 0 aliphatic heterocycles. The zero-order valence-electron chi connectivity index (χ0n) is 14.3. The summed E-state index contributed by atoms with van der Waals surface area (Å²) >= 11 is 0. The normalized spacial score (nSPS) is 53.1. The van der Waals surface area contributed by atoms with Gasteiger partial charge in [-0.15, -0.1) is 0 Å². The van der Waals surface area contributed by atoms with Gasteiger partial charge in [0.2, 0.25) is 0 Å². The van der Waals surface area contributed by atoms with Crippen molar-refractivity contribution in [1.29, 1.82) is 0 Å². The average molecular weight is 302 g/mol. The summed E-state index contributed by atoms with van der Waals surface area (Å²) in [7, 11) is 0. The van der Waals surface area contributed by atoms with Crippen LogP contribution in [0.5, 0.6) is 0 Å². The van der Waals surface area contributed by atoms with Crippen molar-refractivity contribution in [2.75, 3.05) is 0 Å². The van der Waals surface area contributed by atoms with Gasteiger partial charge in [0.15, 0.2) is 5.78 Å². The van der Waals surface area contributed by atoms with Crippen LogP contribution < -0.4 is 0 Å². The first kappa shape index (κ1) is 14.9. The fraction of sp³-hybridized carbons (Fsp3) is 0.850. The second-order valence-corrected chi connectivity index (χ2v) is 9.51. The van der Waals surface area contributed by atoms with Gasteiger partial charge in [0.25, 0.3) is 0 Å². The molecule has 22 heavy (non-hydrogen) atoms. The van der Waals surface area contributed by atoms with Gasteiger partial charge in [0.05, 0.1) is 6.10 Å². The molecule has 1 N–H and O–H groups in total. The van der Waals surface area contributed by atoms with Gasteiger partial charge in [0, 0.05) is 5.41 Å². The second-order valence-electron chi connectivity index (χ2n) is 9.51. The van der Waals surface area contributed by atoms with Crippen LogP contribution >= 0.6 is 0 Å². The van der Waals surface area contributed by atoms with Crippen molar-refractivity contribution in [3.63, 3.8) is 0 Å². The minimum atomic E-state index is -0.190. The summed E-state index contributed by atoms with van der Waals surface area (Å²) < 4.78 is 0. The smallest absolute Gasteiger partial charge is 0.165 e. The van der Waals surface area contributed by atoms with E-state index < -0.39 is 0 Å². The fourth-order valence-corrected chi connectivity index (χ4v) is 7.33. The molecule has 0 aromatic rings. The van der Waals surface area contributed by atoms with Gasteiger partial charge in [-0.3, -0.25) is 4.79 Å². The molecule has 0 saturated heterocycles. The van der Waals surface area contributed by atoms with E-state index in [1.807, 2.05) is 0 Å². The van der Waals surface area contributed by atoms with Crippen LogP contribution in [0.1, 0.15) is 65.7 Å². The maximum absolute atomic E-state index is 13.0. The molecule has 0 aromatic heterocycles. The van der Waals surface area contributed by atoms with Gasteiger partial charge >= 0.3 is 0 Å². The summed E-state index contributed by atoms with van der Waals surface area (Å²) in [5.74, 6) is 1.92. The van der Waals surface area contributed by atoms with Crippen molar-refractivity contribution in [1.82, 2.24) is 0 Å². The Hall–Kier alpha value is -0.630.